The van der Waals surface area contributed by atoms with Gasteiger partial charge in [0.2, 0.25) is 0 Å². The van der Waals surface area contributed by atoms with Crippen molar-refractivity contribution in [2.75, 3.05) is 0 Å². The van der Waals surface area contributed by atoms with Crippen molar-refractivity contribution in [1.29, 1.82) is 0 Å². The minimum absolute atomic E-state index is 0.359. The molecule has 0 aliphatic heterocycles. The van der Waals surface area contributed by atoms with E-state index >= 15 is 0 Å². The van der Waals surface area contributed by atoms with Crippen molar-refractivity contribution in [2.24, 2.45) is 0 Å². The lowest BCUT2D eigenvalue weighted by Crippen LogP contribution is -2.41. The predicted molar refractivity (Wildman–Crippen MR) is 45.6 cm³/mol. The minimum atomic E-state index is -6.40. The van der Waals surface area contributed by atoms with Crippen LogP contribution in [-0.2, 0) is 18.4 Å². The van der Waals surface area contributed by atoms with Crippen LogP contribution in [-0.4, -0.2) is 27.3 Å². The molecule has 0 aromatic carbocycles. The summed E-state index contributed by atoms with van der Waals surface area (Å²) in [6.07, 6.45) is -12.8. The highest BCUT2D eigenvalue weighted by molar-refractivity contribution is 5.24. The van der Waals surface area contributed by atoms with Gasteiger partial charge in [-0.1, -0.05) is 5.21 Å². The molecule has 0 radical (unpaired) electrons. The van der Waals surface area contributed by atoms with Gasteiger partial charge in [-0.25, -0.2) is 4.68 Å². The maximum atomic E-state index is 13.2. The maximum Gasteiger partial charge on any atom is 0.459 e. The Morgan fingerprint density at radius 1 is 0.810 bits per heavy atom. The van der Waals surface area contributed by atoms with Gasteiger partial charge in [0, 0.05) is 6.54 Å². The smallest absolute Gasteiger partial charge is 0.243 e. The molecule has 0 atom stereocenters. The maximum absolute atomic E-state index is 13.2. The number of nitrogens with zero attached hydrogens (tertiary/aromatic N) is 3. The highest BCUT2D eigenvalue weighted by Gasteiger charge is 2.68. The second-order valence-corrected chi connectivity index (χ2v) is 3.75. The van der Waals surface area contributed by atoms with Crippen molar-refractivity contribution in [2.45, 2.75) is 37.7 Å². The van der Waals surface area contributed by atoms with E-state index in [1.165, 1.54) is 0 Å². The van der Waals surface area contributed by atoms with Crippen LogP contribution in [0.2, 0.25) is 0 Å². The average molecular weight is 333 g/mol. The van der Waals surface area contributed by atoms with Crippen LogP contribution in [0.5, 0.6) is 0 Å². The third kappa shape index (κ3) is 2.64. The summed E-state index contributed by atoms with van der Waals surface area (Å²) in [5.74, 6) is -12.0. The second kappa shape index (κ2) is 4.73. The summed E-state index contributed by atoms with van der Waals surface area (Å²) in [5, 5.41) is 4.67. The van der Waals surface area contributed by atoms with Crippen molar-refractivity contribution in [3.63, 3.8) is 0 Å². The molecule has 122 valence electrons. The van der Waals surface area contributed by atoms with Gasteiger partial charge < -0.3 is 0 Å². The molecule has 1 heterocycles. The van der Waals surface area contributed by atoms with Gasteiger partial charge >= 0.3 is 24.2 Å². The zero-order chi connectivity index (χ0) is 16.9. The number of hydrogen-bond acceptors (Lipinski definition) is 2. The lowest BCUT2D eigenvalue weighted by Gasteiger charge is -2.24. The molecule has 0 bridgehead atoms. The summed E-state index contributed by atoms with van der Waals surface area (Å²) in [4.78, 5) is 0. The number of aromatic nitrogens is 3. The average Bonchev–Trinajstić information content (AvgIpc) is 2.70. The SMILES string of the molecule is CCn1nnc(C(F)(F)C(F)(F)F)c1C(F)(F)C(F)(F)F. The van der Waals surface area contributed by atoms with Gasteiger partial charge in [0.05, 0.1) is 0 Å². The zero-order valence-electron chi connectivity index (χ0n) is 9.83. The van der Waals surface area contributed by atoms with Crippen molar-refractivity contribution in [3.8, 4) is 0 Å². The molecule has 0 spiro atoms. The van der Waals surface area contributed by atoms with Gasteiger partial charge in [-0.3, -0.25) is 0 Å². The molecule has 3 nitrogen and oxygen atoms in total. The lowest BCUT2D eigenvalue weighted by atomic mass is 10.1. The summed E-state index contributed by atoms with van der Waals surface area (Å²) in [5.41, 5.74) is -5.42. The second-order valence-electron chi connectivity index (χ2n) is 3.75. The summed E-state index contributed by atoms with van der Waals surface area (Å²) < 4.78 is 125. The fraction of sp³-hybridized carbons (Fsp3) is 0.750. The quantitative estimate of drug-likeness (QED) is 0.792. The molecule has 21 heavy (non-hydrogen) atoms. The molecular weight excluding hydrogens is 328 g/mol. The first kappa shape index (κ1) is 17.5. The highest BCUT2D eigenvalue weighted by Crippen LogP contribution is 2.50. The standard InChI is InChI=1S/C8H5F10N3/c1-2-21-4(6(11,12)8(16,17)18)3(19-20-21)5(9,10)7(13,14)15/h2H2,1H3. The molecule has 0 amide bonds. The number of hydrogen-bond donors (Lipinski definition) is 0. The topological polar surface area (TPSA) is 30.7 Å². The minimum Gasteiger partial charge on any atom is -0.243 e. The Morgan fingerprint density at radius 3 is 1.57 bits per heavy atom. The summed E-state index contributed by atoms with van der Waals surface area (Å²) >= 11 is 0. The summed E-state index contributed by atoms with van der Waals surface area (Å²) in [6, 6.07) is 0. The van der Waals surface area contributed by atoms with Crippen molar-refractivity contribution < 1.29 is 43.9 Å². The van der Waals surface area contributed by atoms with Gasteiger partial charge in [0.15, 0.2) is 5.69 Å². The molecular formula is C8H5F10N3. The Kier molecular flexibility index (Phi) is 3.94. The molecule has 0 N–H and O–H groups in total. The van der Waals surface area contributed by atoms with Crippen LogP contribution in [0.3, 0.4) is 0 Å². The van der Waals surface area contributed by atoms with Gasteiger partial charge in [0.25, 0.3) is 0 Å². The zero-order valence-corrected chi connectivity index (χ0v) is 9.83. The van der Waals surface area contributed by atoms with Crippen LogP contribution < -0.4 is 0 Å². The molecule has 0 saturated heterocycles. The van der Waals surface area contributed by atoms with Gasteiger partial charge in [-0.15, -0.1) is 5.10 Å². The van der Waals surface area contributed by atoms with E-state index in [0.717, 1.165) is 6.92 Å². The lowest BCUT2D eigenvalue weighted by molar-refractivity contribution is -0.304. The molecule has 0 unspecified atom stereocenters. The summed E-state index contributed by atoms with van der Waals surface area (Å²) in [6.45, 7) is 0.0993. The van der Waals surface area contributed by atoms with E-state index in [1.54, 1.807) is 0 Å². The van der Waals surface area contributed by atoms with E-state index < -0.39 is 42.1 Å². The fourth-order valence-corrected chi connectivity index (χ4v) is 1.33. The Hall–Kier alpha value is -1.56. The highest BCUT2D eigenvalue weighted by atomic mass is 19.4. The van der Waals surface area contributed by atoms with E-state index in [0.29, 0.717) is 0 Å². The Bertz CT molecular complexity index is 511. The van der Waals surface area contributed by atoms with E-state index in [2.05, 4.69) is 10.3 Å². The van der Waals surface area contributed by atoms with E-state index in [4.69, 9.17) is 0 Å². The van der Waals surface area contributed by atoms with Crippen LogP contribution in [0.4, 0.5) is 43.9 Å². The molecule has 13 heteroatoms. The van der Waals surface area contributed by atoms with Crippen LogP contribution in [0.25, 0.3) is 0 Å². The van der Waals surface area contributed by atoms with Crippen LogP contribution in [0.1, 0.15) is 18.3 Å². The van der Waals surface area contributed by atoms with Crippen LogP contribution in [0.15, 0.2) is 0 Å². The van der Waals surface area contributed by atoms with Crippen LogP contribution in [0, 0.1) is 0 Å². The van der Waals surface area contributed by atoms with E-state index in [9.17, 15) is 43.9 Å². The van der Waals surface area contributed by atoms with E-state index in [1.807, 2.05) is 0 Å². The third-order valence-corrected chi connectivity index (χ3v) is 2.34. The Morgan fingerprint density at radius 2 is 1.24 bits per heavy atom. The molecule has 0 saturated carbocycles. The van der Waals surface area contributed by atoms with Crippen molar-refractivity contribution in [3.05, 3.63) is 11.4 Å². The number of rotatable bonds is 3. The number of aryl methyl sites for hydroxylation is 1. The number of alkyl halides is 10. The Balaban J connectivity index is 3.64. The molecule has 0 aliphatic rings. The number of halogens is 10. The monoisotopic (exact) mass is 333 g/mol. The van der Waals surface area contributed by atoms with Crippen LogP contribution >= 0.6 is 0 Å². The van der Waals surface area contributed by atoms with E-state index in [-0.39, 0.29) is 4.68 Å². The predicted octanol–water partition coefficient (Wildman–Crippen LogP) is 3.61. The Labute approximate surface area is 109 Å². The largest absolute Gasteiger partial charge is 0.459 e. The third-order valence-electron chi connectivity index (χ3n) is 2.34. The first-order valence-electron chi connectivity index (χ1n) is 5.01. The molecule has 0 fully saturated rings. The van der Waals surface area contributed by atoms with Gasteiger partial charge in [-0.2, -0.15) is 43.9 Å². The fourth-order valence-electron chi connectivity index (χ4n) is 1.33. The van der Waals surface area contributed by atoms with Gasteiger partial charge in [0.1, 0.15) is 5.69 Å². The molecule has 1 rings (SSSR count). The van der Waals surface area contributed by atoms with Gasteiger partial charge in [-0.05, 0) is 6.92 Å². The first-order valence-corrected chi connectivity index (χ1v) is 5.01. The van der Waals surface area contributed by atoms with Crippen molar-refractivity contribution in [1.82, 2.24) is 15.0 Å². The molecule has 0 aliphatic carbocycles. The normalized spacial score (nSPS) is 14.6. The summed E-state index contributed by atoms with van der Waals surface area (Å²) in [7, 11) is 0. The molecule has 1 aromatic heterocycles. The first-order chi connectivity index (χ1) is 9.18. The molecule has 1 aromatic rings. The van der Waals surface area contributed by atoms with Crippen molar-refractivity contribution >= 4 is 0 Å².